The second-order valence-electron chi connectivity index (χ2n) is 3.50. The van der Waals surface area contributed by atoms with Crippen LogP contribution in [0.1, 0.15) is 28.8 Å². The summed E-state index contributed by atoms with van der Waals surface area (Å²) in [6.45, 7) is 0. The fourth-order valence-corrected chi connectivity index (χ4v) is 1.24. The van der Waals surface area contributed by atoms with Crippen molar-refractivity contribution in [2.24, 2.45) is 5.73 Å². The van der Waals surface area contributed by atoms with Crippen LogP contribution in [0.3, 0.4) is 0 Å². The predicted molar refractivity (Wildman–Crippen MR) is 53.3 cm³/mol. The standard InChI is InChI=1S/C11H10N2O2/c12-6-8-5-7(11(13)14)1-4-10(8)15-9-2-3-9/h1,4-5,9H,2-3H2,(H2,13,14). The first-order valence-corrected chi connectivity index (χ1v) is 4.71. The van der Waals surface area contributed by atoms with Gasteiger partial charge >= 0.3 is 0 Å². The number of carbonyl (C=O) groups is 1. The van der Waals surface area contributed by atoms with Crippen molar-refractivity contribution in [3.8, 4) is 11.8 Å². The summed E-state index contributed by atoms with van der Waals surface area (Å²) in [7, 11) is 0. The molecule has 0 atom stereocenters. The molecular weight excluding hydrogens is 192 g/mol. The maximum Gasteiger partial charge on any atom is 0.248 e. The fourth-order valence-electron chi connectivity index (χ4n) is 1.24. The number of nitriles is 1. The van der Waals surface area contributed by atoms with Gasteiger partial charge in [0.25, 0.3) is 0 Å². The highest BCUT2D eigenvalue weighted by Gasteiger charge is 2.24. The molecule has 1 fully saturated rings. The van der Waals surface area contributed by atoms with Gasteiger partial charge in [0.05, 0.1) is 11.7 Å². The number of benzene rings is 1. The number of hydrogen-bond acceptors (Lipinski definition) is 3. The van der Waals surface area contributed by atoms with Gasteiger partial charge in [0.1, 0.15) is 11.8 Å². The third-order valence-electron chi connectivity index (χ3n) is 2.20. The van der Waals surface area contributed by atoms with E-state index in [9.17, 15) is 4.79 Å². The van der Waals surface area contributed by atoms with E-state index >= 15 is 0 Å². The normalized spacial score (nSPS) is 14.3. The SMILES string of the molecule is N#Cc1cc(C(N)=O)ccc1OC1CC1. The fraction of sp³-hybridized carbons (Fsp3) is 0.273. The Balaban J connectivity index is 2.30. The molecule has 76 valence electrons. The van der Waals surface area contributed by atoms with Gasteiger partial charge in [-0.25, -0.2) is 0 Å². The van der Waals surface area contributed by atoms with Crippen molar-refractivity contribution in [3.05, 3.63) is 29.3 Å². The Bertz CT molecular complexity index is 444. The average Bonchev–Trinajstić information content (AvgIpc) is 3.02. The molecule has 1 aromatic rings. The molecule has 4 heteroatoms. The molecule has 0 bridgehead atoms. The molecular formula is C11H10N2O2. The number of carbonyl (C=O) groups excluding carboxylic acids is 1. The van der Waals surface area contributed by atoms with Crippen LogP contribution in [0.5, 0.6) is 5.75 Å². The minimum atomic E-state index is -0.538. The van der Waals surface area contributed by atoms with E-state index in [-0.39, 0.29) is 6.10 Å². The van der Waals surface area contributed by atoms with Crippen molar-refractivity contribution >= 4 is 5.91 Å². The summed E-state index contributed by atoms with van der Waals surface area (Å²) in [5, 5.41) is 8.88. The van der Waals surface area contributed by atoms with Crippen LogP contribution in [0.15, 0.2) is 18.2 Å². The van der Waals surface area contributed by atoms with Crippen LogP contribution in [-0.4, -0.2) is 12.0 Å². The molecule has 1 saturated carbocycles. The second kappa shape index (κ2) is 3.62. The zero-order valence-electron chi connectivity index (χ0n) is 8.06. The van der Waals surface area contributed by atoms with E-state index in [1.165, 1.54) is 6.07 Å². The lowest BCUT2D eigenvalue weighted by molar-refractivity contribution is 0.1000. The molecule has 0 aromatic heterocycles. The van der Waals surface area contributed by atoms with E-state index in [0.717, 1.165) is 12.8 Å². The summed E-state index contributed by atoms with van der Waals surface area (Å²) < 4.78 is 5.51. The van der Waals surface area contributed by atoms with Crippen LogP contribution < -0.4 is 10.5 Å². The van der Waals surface area contributed by atoms with Crippen LogP contribution in [0, 0.1) is 11.3 Å². The molecule has 2 rings (SSSR count). The number of hydrogen-bond donors (Lipinski definition) is 1. The summed E-state index contributed by atoms with van der Waals surface area (Å²) in [6, 6.07) is 6.64. The van der Waals surface area contributed by atoms with Gasteiger partial charge in [-0.2, -0.15) is 5.26 Å². The summed E-state index contributed by atoms with van der Waals surface area (Å²) in [6.07, 6.45) is 2.29. The summed E-state index contributed by atoms with van der Waals surface area (Å²) in [4.78, 5) is 10.9. The van der Waals surface area contributed by atoms with Crippen molar-refractivity contribution in [2.75, 3.05) is 0 Å². The average molecular weight is 202 g/mol. The molecule has 0 radical (unpaired) electrons. The van der Waals surface area contributed by atoms with Gasteiger partial charge < -0.3 is 10.5 Å². The maximum absolute atomic E-state index is 10.9. The zero-order valence-corrected chi connectivity index (χ0v) is 8.06. The number of primary amides is 1. The Morgan fingerprint density at radius 2 is 2.27 bits per heavy atom. The third kappa shape index (κ3) is 2.08. The first kappa shape index (κ1) is 9.53. The van der Waals surface area contributed by atoms with E-state index in [1.807, 2.05) is 6.07 Å². The Morgan fingerprint density at radius 1 is 1.53 bits per heavy atom. The minimum Gasteiger partial charge on any atom is -0.489 e. The predicted octanol–water partition coefficient (Wildman–Crippen LogP) is 1.20. The summed E-state index contributed by atoms with van der Waals surface area (Å²) in [5.41, 5.74) is 5.80. The minimum absolute atomic E-state index is 0.233. The van der Waals surface area contributed by atoms with E-state index in [2.05, 4.69) is 0 Å². The van der Waals surface area contributed by atoms with E-state index in [1.54, 1.807) is 12.1 Å². The molecule has 0 unspecified atom stereocenters. The molecule has 1 aromatic carbocycles. The van der Waals surface area contributed by atoms with Gasteiger partial charge in [0.2, 0.25) is 5.91 Å². The number of rotatable bonds is 3. The Kier molecular flexibility index (Phi) is 2.30. The lowest BCUT2D eigenvalue weighted by Crippen LogP contribution is -2.11. The molecule has 15 heavy (non-hydrogen) atoms. The number of ether oxygens (including phenoxy) is 1. The monoisotopic (exact) mass is 202 g/mol. The smallest absolute Gasteiger partial charge is 0.248 e. The number of amides is 1. The van der Waals surface area contributed by atoms with Crippen molar-refractivity contribution in [3.63, 3.8) is 0 Å². The van der Waals surface area contributed by atoms with Crippen molar-refractivity contribution < 1.29 is 9.53 Å². The van der Waals surface area contributed by atoms with E-state index in [4.69, 9.17) is 15.7 Å². The highest BCUT2D eigenvalue weighted by atomic mass is 16.5. The molecule has 0 saturated heterocycles. The van der Waals surface area contributed by atoms with Gasteiger partial charge in [-0.15, -0.1) is 0 Å². The molecule has 4 nitrogen and oxygen atoms in total. The first-order valence-electron chi connectivity index (χ1n) is 4.71. The quantitative estimate of drug-likeness (QED) is 0.800. The van der Waals surface area contributed by atoms with Crippen LogP contribution in [0.2, 0.25) is 0 Å². The molecule has 0 heterocycles. The highest BCUT2D eigenvalue weighted by molar-refractivity contribution is 5.93. The van der Waals surface area contributed by atoms with Crippen LogP contribution in [-0.2, 0) is 0 Å². The van der Waals surface area contributed by atoms with Crippen molar-refractivity contribution in [2.45, 2.75) is 18.9 Å². The Morgan fingerprint density at radius 3 is 2.80 bits per heavy atom. The lowest BCUT2D eigenvalue weighted by Gasteiger charge is -2.06. The van der Waals surface area contributed by atoms with Gasteiger partial charge in [-0.1, -0.05) is 0 Å². The van der Waals surface area contributed by atoms with E-state index < -0.39 is 5.91 Å². The van der Waals surface area contributed by atoms with Crippen LogP contribution >= 0.6 is 0 Å². The van der Waals surface area contributed by atoms with Gasteiger partial charge in [0, 0.05) is 5.56 Å². The number of nitrogens with zero attached hydrogens (tertiary/aromatic N) is 1. The topological polar surface area (TPSA) is 76.1 Å². The van der Waals surface area contributed by atoms with E-state index in [0.29, 0.717) is 16.9 Å². The van der Waals surface area contributed by atoms with Crippen LogP contribution in [0.4, 0.5) is 0 Å². The third-order valence-corrected chi connectivity index (χ3v) is 2.20. The molecule has 1 aliphatic carbocycles. The molecule has 2 N–H and O–H groups in total. The lowest BCUT2D eigenvalue weighted by atomic mass is 10.1. The first-order chi connectivity index (χ1) is 7.20. The maximum atomic E-state index is 10.9. The highest BCUT2D eigenvalue weighted by Crippen LogP contribution is 2.29. The summed E-state index contributed by atoms with van der Waals surface area (Å²) in [5.74, 6) is -0.00512. The zero-order chi connectivity index (χ0) is 10.8. The number of nitrogens with two attached hydrogens (primary N) is 1. The largest absolute Gasteiger partial charge is 0.489 e. The van der Waals surface area contributed by atoms with Crippen molar-refractivity contribution in [1.82, 2.24) is 0 Å². The second-order valence-corrected chi connectivity index (χ2v) is 3.50. The van der Waals surface area contributed by atoms with Crippen molar-refractivity contribution in [1.29, 1.82) is 5.26 Å². The van der Waals surface area contributed by atoms with Gasteiger partial charge in [-0.05, 0) is 31.0 Å². The van der Waals surface area contributed by atoms with Gasteiger partial charge in [0.15, 0.2) is 0 Å². The molecule has 0 spiro atoms. The molecule has 1 aliphatic rings. The van der Waals surface area contributed by atoms with Crippen LogP contribution in [0.25, 0.3) is 0 Å². The Hall–Kier alpha value is -2.02. The molecule has 0 aliphatic heterocycles. The summed E-state index contributed by atoms with van der Waals surface area (Å²) >= 11 is 0. The molecule has 1 amide bonds. The Labute approximate surface area is 87.3 Å². The van der Waals surface area contributed by atoms with Gasteiger partial charge in [-0.3, -0.25) is 4.79 Å².